The van der Waals surface area contributed by atoms with E-state index in [9.17, 15) is 10.1 Å². The van der Waals surface area contributed by atoms with Crippen molar-refractivity contribution in [1.29, 1.82) is 5.26 Å². The van der Waals surface area contributed by atoms with Gasteiger partial charge in [0.05, 0.1) is 17.5 Å². The van der Waals surface area contributed by atoms with E-state index in [-0.39, 0.29) is 5.91 Å². The van der Waals surface area contributed by atoms with Crippen molar-refractivity contribution in [3.63, 3.8) is 0 Å². The Bertz CT molecular complexity index is 682. The van der Waals surface area contributed by atoms with E-state index >= 15 is 0 Å². The third-order valence-corrected chi connectivity index (χ3v) is 6.60. The highest BCUT2D eigenvalue weighted by Crippen LogP contribution is 2.39. The molecule has 0 radical (unpaired) electrons. The molecule has 6 heteroatoms. The fourth-order valence-electron chi connectivity index (χ4n) is 3.80. The summed E-state index contributed by atoms with van der Waals surface area (Å²) in [6, 6.07) is 2.79. The fraction of sp³-hybridized carbons (Fsp3) is 0.737. The van der Waals surface area contributed by atoms with Crippen LogP contribution in [0.2, 0.25) is 0 Å². The lowest BCUT2D eigenvalue weighted by molar-refractivity contribution is -0.119. The maximum atomic E-state index is 12.4. The molecule has 1 N–H and O–H groups in total. The molecule has 0 unspecified atom stereocenters. The van der Waals surface area contributed by atoms with Crippen LogP contribution < -0.4 is 5.32 Å². The molecule has 2 saturated carbocycles. The molecule has 0 spiro atoms. The minimum absolute atomic E-state index is 0.0746. The van der Waals surface area contributed by atoms with E-state index in [2.05, 4.69) is 22.9 Å². The van der Waals surface area contributed by atoms with E-state index in [1.807, 2.05) is 13.8 Å². The zero-order chi connectivity index (χ0) is 18.0. The van der Waals surface area contributed by atoms with Crippen LogP contribution in [0.1, 0.15) is 69.3 Å². The van der Waals surface area contributed by atoms with Crippen LogP contribution in [0.15, 0.2) is 5.16 Å². The van der Waals surface area contributed by atoms with Crippen molar-refractivity contribution in [1.82, 2.24) is 14.9 Å². The molecule has 1 atom stereocenters. The molecular weight excluding hydrogens is 332 g/mol. The topological polar surface area (TPSA) is 70.7 Å². The van der Waals surface area contributed by atoms with E-state index < -0.39 is 5.54 Å². The largest absolute Gasteiger partial charge is 0.337 e. The number of aryl methyl sites for hydroxylation is 1. The van der Waals surface area contributed by atoms with Gasteiger partial charge < -0.3 is 9.88 Å². The van der Waals surface area contributed by atoms with Crippen LogP contribution in [0.25, 0.3) is 0 Å². The van der Waals surface area contributed by atoms with Crippen molar-refractivity contribution >= 4 is 17.7 Å². The summed E-state index contributed by atoms with van der Waals surface area (Å²) in [5, 5.41) is 13.3. The van der Waals surface area contributed by atoms with E-state index in [0.29, 0.717) is 17.7 Å². The van der Waals surface area contributed by atoms with Crippen molar-refractivity contribution in [3.05, 3.63) is 11.4 Å². The third kappa shape index (κ3) is 4.03. The molecule has 1 heterocycles. The first-order valence-corrected chi connectivity index (χ1v) is 10.3. The number of imidazole rings is 1. The zero-order valence-corrected chi connectivity index (χ0v) is 16.3. The van der Waals surface area contributed by atoms with Gasteiger partial charge in [-0.05, 0) is 52.4 Å². The number of carbonyl (C=O) groups is 1. The molecule has 5 nitrogen and oxygen atoms in total. The predicted molar refractivity (Wildman–Crippen MR) is 99.4 cm³/mol. The van der Waals surface area contributed by atoms with Gasteiger partial charge in [-0.25, -0.2) is 4.98 Å². The summed E-state index contributed by atoms with van der Waals surface area (Å²) in [5.74, 6) is 0.543. The van der Waals surface area contributed by atoms with Crippen LogP contribution in [0.3, 0.4) is 0 Å². The number of carbonyl (C=O) groups excluding carboxylic acids is 1. The number of nitrogens with one attached hydrogen (secondary N) is 1. The lowest BCUT2D eigenvalue weighted by Gasteiger charge is -2.26. The average Bonchev–Trinajstić information content (AvgIpc) is 3.42. The first kappa shape index (κ1) is 18.3. The molecule has 25 heavy (non-hydrogen) atoms. The molecule has 0 aromatic carbocycles. The summed E-state index contributed by atoms with van der Waals surface area (Å²) in [6.45, 7) is 6.00. The highest BCUT2D eigenvalue weighted by Gasteiger charge is 2.43. The Morgan fingerprint density at radius 3 is 2.60 bits per heavy atom. The number of nitrogens with zero attached hydrogens (tertiary/aromatic N) is 3. The van der Waals surface area contributed by atoms with Gasteiger partial charge in [-0.3, -0.25) is 4.79 Å². The summed E-state index contributed by atoms with van der Waals surface area (Å²) in [5.41, 5.74) is 1.55. The summed E-state index contributed by atoms with van der Waals surface area (Å²) in [6.07, 6.45) is 8.32. The molecule has 2 aliphatic carbocycles. The van der Waals surface area contributed by atoms with E-state index in [4.69, 9.17) is 4.98 Å². The van der Waals surface area contributed by atoms with Crippen LogP contribution in [-0.2, 0) is 4.79 Å². The van der Waals surface area contributed by atoms with E-state index in [1.54, 1.807) is 0 Å². The number of amides is 1. The van der Waals surface area contributed by atoms with Crippen LogP contribution in [0.4, 0.5) is 0 Å². The lowest BCUT2D eigenvalue weighted by atomic mass is 9.95. The van der Waals surface area contributed by atoms with Crippen molar-refractivity contribution in [2.75, 3.05) is 5.75 Å². The van der Waals surface area contributed by atoms with Gasteiger partial charge in [-0.2, -0.15) is 5.26 Å². The molecule has 0 saturated heterocycles. The fourth-order valence-corrected chi connectivity index (χ4v) is 4.76. The maximum absolute atomic E-state index is 12.4. The van der Waals surface area contributed by atoms with Crippen LogP contribution >= 0.6 is 11.8 Å². The Morgan fingerprint density at radius 2 is 2.00 bits per heavy atom. The van der Waals surface area contributed by atoms with Gasteiger partial charge in [-0.1, -0.05) is 31.0 Å². The highest BCUT2D eigenvalue weighted by atomic mass is 32.2. The second kappa shape index (κ2) is 7.41. The Balaban J connectivity index is 1.65. The normalized spacial score (nSPS) is 20.7. The molecular formula is C19H28N4OS. The Labute approximate surface area is 154 Å². The standard InChI is InChI=1S/C19H28N4OS/c1-13-14(2)23(16-7-5-4-6-8-16)18(21-13)25-11-17(24)22-19(3,12-20)15-9-10-15/h15-16H,4-11H2,1-3H3,(H,22,24)/t19-/m0/s1. The van der Waals surface area contributed by atoms with E-state index in [1.165, 1.54) is 49.6 Å². The third-order valence-electron chi connectivity index (χ3n) is 5.65. The van der Waals surface area contributed by atoms with Crippen molar-refractivity contribution in [3.8, 4) is 6.07 Å². The zero-order valence-electron chi connectivity index (χ0n) is 15.5. The number of hydrogen-bond donors (Lipinski definition) is 1. The van der Waals surface area contributed by atoms with Crippen LogP contribution in [0, 0.1) is 31.1 Å². The molecule has 1 amide bonds. The highest BCUT2D eigenvalue weighted by molar-refractivity contribution is 7.99. The van der Waals surface area contributed by atoms with Crippen molar-refractivity contribution in [2.45, 2.75) is 82.5 Å². The summed E-state index contributed by atoms with van der Waals surface area (Å²) < 4.78 is 2.34. The summed E-state index contributed by atoms with van der Waals surface area (Å²) >= 11 is 1.50. The Hall–Kier alpha value is -1.48. The van der Waals surface area contributed by atoms with Crippen LogP contribution in [-0.4, -0.2) is 26.8 Å². The second-order valence-electron chi connectivity index (χ2n) is 7.65. The summed E-state index contributed by atoms with van der Waals surface area (Å²) in [4.78, 5) is 17.1. The maximum Gasteiger partial charge on any atom is 0.231 e. The van der Waals surface area contributed by atoms with Gasteiger partial charge in [-0.15, -0.1) is 0 Å². The van der Waals surface area contributed by atoms with Gasteiger partial charge in [0.25, 0.3) is 0 Å². The minimum atomic E-state index is -0.720. The van der Waals surface area contributed by atoms with Gasteiger partial charge in [0.2, 0.25) is 5.91 Å². The number of thioether (sulfide) groups is 1. The number of hydrogen-bond acceptors (Lipinski definition) is 4. The predicted octanol–water partition coefficient (Wildman–Crippen LogP) is 3.91. The monoisotopic (exact) mass is 360 g/mol. The van der Waals surface area contributed by atoms with Crippen molar-refractivity contribution < 1.29 is 4.79 Å². The minimum Gasteiger partial charge on any atom is -0.337 e. The van der Waals surface area contributed by atoms with Gasteiger partial charge in [0.1, 0.15) is 5.54 Å². The van der Waals surface area contributed by atoms with E-state index in [0.717, 1.165) is 23.7 Å². The van der Waals surface area contributed by atoms with Gasteiger partial charge >= 0.3 is 0 Å². The number of aromatic nitrogens is 2. The first-order valence-electron chi connectivity index (χ1n) is 9.35. The lowest BCUT2D eigenvalue weighted by Crippen LogP contribution is -2.47. The Kier molecular flexibility index (Phi) is 5.43. The molecule has 2 aliphatic rings. The summed E-state index contributed by atoms with van der Waals surface area (Å²) in [7, 11) is 0. The molecule has 2 fully saturated rings. The smallest absolute Gasteiger partial charge is 0.231 e. The Morgan fingerprint density at radius 1 is 1.32 bits per heavy atom. The number of nitriles is 1. The molecule has 136 valence electrons. The van der Waals surface area contributed by atoms with Gasteiger partial charge in [0, 0.05) is 11.7 Å². The quantitative estimate of drug-likeness (QED) is 0.781. The molecule has 1 aromatic heterocycles. The van der Waals surface area contributed by atoms with Crippen molar-refractivity contribution in [2.24, 2.45) is 5.92 Å². The van der Waals surface area contributed by atoms with Gasteiger partial charge in [0.15, 0.2) is 5.16 Å². The molecule has 1 aromatic rings. The first-order chi connectivity index (χ1) is 11.9. The number of rotatable bonds is 6. The molecule has 0 bridgehead atoms. The molecule has 3 rings (SSSR count). The SMILES string of the molecule is Cc1nc(SCC(=O)N[C@@](C)(C#N)C2CC2)n(C2CCCCC2)c1C. The average molecular weight is 361 g/mol. The second-order valence-corrected chi connectivity index (χ2v) is 8.59. The van der Waals surface area contributed by atoms with Crippen LogP contribution in [0.5, 0.6) is 0 Å². The molecule has 0 aliphatic heterocycles.